The molecule has 3 atom stereocenters. The maximum Gasteiger partial charge on any atom is 0.224 e. The van der Waals surface area contributed by atoms with E-state index >= 15 is 0 Å². The molecule has 92 valence electrons. The Hall–Kier alpha value is -0.570. The highest BCUT2D eigenvalue weighted by Crippen LogP contribution is 2.30. The monoisotopic (exact) mass is 224 g/mol. The van der Waals surface area contributed by atoms with Crippen molar-refractivity contribution in [2.45, 2.75) is 39.0 Å². The zero-order chi connectivity index (χ0) is 11.4. The molecule has 2 fully saturated rings. The largest absolute Gasteiger partial charge is 0.356 e. The number of hydrogen-bond donors (Lipinski definition) is 2. The molecule has 3 nitrogen and oxygen atoms in total. The van der Waals surface area contributed by atoms with Gasteiger partial charge in [-0.15, -0.1) is 0 Å². The fraction of sp³-hybridized carbons (Fsp3) is 0.923. The van der Waals surface area contributed by atoms with E-state index in [9.17, 15) is 4.79 Å². The molecule has 3 unspecified atom stereocenters. The van der Waals surface area contributed by atoms with Crippen molar-refractivity contribution in [1.82, 2.24) is 10.6 Å². The van der Waals surface area contributed by atoms with Crippen molar-refractivity contribution in [3.63, 3.8) is 0 Å². The van der Waals surface area contributed by atoms with Gasteiger partial charge in [0.25, 0.3) is 0 Å². The average Bonchev–Trinajstić information content (AvgIpc) is 2.73. The van der Waals surface area contributed by atoms with Gasteiger partial charge in [0, 0.05) is 13.1 Å². The van der Waals surface area contributed by atoms with Gasteiger partial charge in [-0.05, 0) is 37.6 Å². The molecule has 0 spiro atoms. The van der Waals surface area contributed by atoms with E-state index in [-0.39, 0.29) is 11.8 Å². The van der Waals surface area contributed by atoms with Crippen LogP contribution in [0.1, 0.15) is 39.0 Å². The molecule has 1 saturated carbocycles. The van der Waals surface area contributed by atoms with E-state index in [1.165, 1.54) is 19.3 Å². The smallest absolute Gasteiger partial charge is 0.224 e. The van der Waals surface area contributed by atoms with E-state index in [0.29, 0.717) is 0 Å². The van der Waals surface area contributed by atoms with Crippen LogP contribution in [-0.4, -0.2) is 25.5 Å². The van der Waals surface area contributed by atoms with Crippen molar-refractivity contribution in [1.29, 1.82) is 0 Å². The predicted molar refractivity (Wildman–Crippen MR) is 65.1 cm³/mol. The molecule has 16 heavy (non-hydrogen) atoms. The highest BCUT2D eigenvalue weighted by atomic mass is 16.1. The third-order valence-electron chi connectivity index (χ3n) is 4.25. The summed E-state index contributed by atoms with van der Waals surface area (Å²) in [4.78, 5) is 11.9. The molecular formula is C13H24N2O. The van der Waals surface area contributed by atoms with Crippen LogP contribution in [-0.2, 0) is 4.79 Å². The van der Waals surface area contributed by atoms with Gasteiger partial charge in [-0.1, -0.05) is 19.8 Å². The first-order valence-electron chi connectivity index (χ1n) is 6.76. The maximum absolute atomic E-state index is 11.9. The number of nitrogens with one attached hydrogen (secondary N) is 2. The predicted octanol–water partition coefficient (Wildman–Crippen LogP) is 1.54. The standard InChI is InChI=1S/C13H24N2O/c1-10-4-2-5-11(10)9-15-13(16)12-6-3-7-14-8-12/h10-12,14H,2-9H2,1H3,(H,15,16). The summed E-state index contributed by atoms with van der Waals surface area (Å²) < 4.78 is 0. The lowest BCUT2D eigenvalue weighted by Crippen LogP contribution is -2.42. The zero-order valence-electron chi connectivity index (χ0n) is 10.3. The number of carbonyl (C=O) groups is 1. The molecule has 2 N–H and O–H groups in total. The van der Waals surface area contributed by atoms with Gasteiger partial charge < -0.3 is 10.6 Å². The Bertz CT molecular complexity index is 236. The molecule has 0 aromatic rings. The summed E-state index contributed by atoms with van der Waals surface area (Å²) in [5.41, 5.74) is 0. The molecule has 0 bridgehead atoms. The summed E-state index contributed by atoms with van der Waals surface area (Å²) in [6.07, 6.45) is 6.17. The Labute approximate surface area is 98.4 Å². The quantitative estimate of drug-likeness (QED) is 0.763. The molecule has 1 aliphatic carbocycles. The van der Waals surface area contributed by atoms with E-state index in [1.807, 2.05) is 0 Å². The number of hydrogen-bond acceptors (Lipinski definition) is 2. The van der Waals surface area contributed by atoms with Crippen molar-refractivity contribution in [3.05, 3.63) is 0 Å². The number of rotatable bonds is 3. The summed E-state index contributed by atoms with van der Waals surface area (Å²) in [5, 5.41) is 6.44. The zero-order valence-corrected chi connectivity index (χ0v) is 10.3. The highest BCUT2D eigenvalue weighted by molar-refractivity contribution is 5.78. The topological polar surface area (TPSA) is 41.1 Å². The summed E-state index contributed by atoms with van der Waals surface area (Å²) >= 11 is 0. The van der Waals surface area contributed by atoms with E-state index in [4.69, 9.17) is 0 Å². The normalized spacial score (nSPS) is 34.9. The second kappa shape index (κ2) is 5.67. The third-order valence-corrected chi connectivity index (χ3v) is 4.25. The molecule has 2 rings (SSSR count). The second-order valence-electron chi connectivity index (χ2n) is 5.46. The average molecular weight is 224 g/mol. The minimum Gasteiger partial charge on any atom is -0.356 e. The maximum atomic E-state index is 11.9. The Morgan fingerprint density at radius 3 is 2.81 bits per heavy atom. The van der Waals surface area contributed by atoms with Crippen LogP contribution in [0.5, 0.6) is 0 Å². The van der Waals surface area contributed by atoms with Crippen LogP contribution in [0.15, 0.2) is 0 Å². The van der Waals surface area contributed by atoms with Crippen LogP contribution >= 0.6 is 0 Å². The van der Waals surface area contributed by atoms with Gasteiger partial charge in [-0.2, -0.15) is 0 Å². The first-order chi connectivity index (χ1) is 7.77. The van der Waals surface area contributed by atoms with E-state index in [0.717, 1.165) is 44.3 Å². The van der Waals surface area contributed by atoms with Gasteiger partial charge in [-0.25, -0.2) is 0 Å². The molecule has 1 heterocycles. The van der Waals surface area contributed by atoms with Crippen LogP contribution in [0.2, 0.25) is 0 Å². The number of carbonyl (C=O) groups excluding carboxylic acids is 1. The van der Waals surface area contributed by atoms with Gasteiger partial charge in [0.1, 0.15) is 0 Å². The fourth-order valence-corrected chi connectivity index (χ4v) is 2.98. The Morgan fingerprint density at radius 2 is 2.19 bits per heavy atom. The van der Waals surface area contributed by atoms with Gasteiger partial charge in [0.05, 0.1) is 5.92 Å². The minimum atomic E-state index is 0.213. The number of piperidine rings is 1. The SMILES string of the molecule is CC1CCCC1CNC(=O)C1CCCNC1. The molecule has 3 heteroatoms. The van der Waals surface area contributed by atoms with Crippen LogP contribution in [0.25, 0.3) is 0 Å². The van der Waals surface area contributed by atoms with Crippen molar-refractivity contribution < 1.29 is 4.79 Å². The van der Waals surface area contributed by atoms with E-state index < -0.39 is 0 Å². The minimum absolute atomic E-state index is 0.213. The van der Waals surface area contributed by atoms with Crippen molar-refractivity contribution >= 4 is 5.91 Å². The molecule has 2 aliphatic rings. The van der Waals surface area contributed by atoms with Gasteiger partial charge in [0.2, 0.25) is 5.91 Å². The Kier molecular flexibility index (Phi) is 4.22. The Morgan fingerprint density at radius 1 is 1.31 bits per heavy atom. The van der Waals surface area contributed by atoms with E-state index in [1.54, 1.807) is 0 Å². The molecule has 0 aromatic heterocycles. The van der Waals surface area contributed by atoms with Crippen molar-refractivity contribution in [2.75, 3.05) is 19.6 Å². The second-order valence-corrected chi connectivity index (χ2v) is 5.46. The summed E-state index contributed by atoms with van der Waals surface area (Å²) in [7, 11) is 0. The lowest BCUT2D eigenvalue weighted by molar-refractivity contribution is -0.125. The Balaban J connectivity index is 1.70. The molecule has 1 saturated heterocycles. The first-order valence-corrected chi connectivity index (χ1v) is 6.76. The fourth-order valence-electron chi connectivity index (χ4n) is 2.98. The van der Waals surface area contributed by atoms with Crippen LogP contribution < -0.4 is 10.6 Å². The number of amides is 1. The summed E-state index contributed by atoms with van der Waals surface area (Å²) in [6.45, 7) is 5.15. The van der Waals surface area contributed by atoms with Gasteiger partial charge in [-0.3, -0.25) is 4.79 Å². The lowest BCUT2D eigenvalue weighted by Gasteiger charge is -2.23. The van der Waals surface area contributed by atoms with E-state index in [2.05, 4.69) is 17.6 Å². The molecular weight excluding hydrogens is 200 g/mol. The van der Waals surface area contributed by atoms with Crippen LogP contribution in [0, 0.1) is 17.8 Å². The van der Waals surface area contributed by atoms with Gasteiger partial charge in [0.15, 0.2) is 0 Å². The summed E-state index contributed by atoms with van der Waals surface area (Å²) in [5.74, 6) is 2.00. The van der Waals surface area contributed by atoms with Crippen molar-refractivity contribution in [3.8, 4) is 0 Å². The molecule has 0 aromatic carbocycles. The first kappa shape index (κ1) is 11.9. The van der Waals surface area contributed by atoms with Crippen LogP contribution in [0.3, 0.4) is 0 Å². The highest BCUT2D eigenvalue weighted by Gasteiger charge is 2.25. The van der Waals surface area contributed by atoms with Crippen LogP contribution in [0.4, 0.5) is 0 Å². The molecule has 0 radical (unpaired) electrons. The molecule has 1 amide bonds. The summed E-state index contributed by atoms with van der Waals surface area (Å²) in [6, 6.07) is 0. The molecule has 1 aliphatic heterocycles. The van der Waals surface area contributed by atoms with Gasteiger partial charge >= 0.3 is 0 Å². The third kappa shape index (κ3) is 2.97. The lowest BCUT2D eigenvalue weighted by atomic mass is 9.96. The van der Waals surface area contributed by atoms with Crippen molar-refractivity contribution in [2.24, 2.45) is 17.8 Å².